The summed E-state index contributed by atoms with van der Waals surface area (Å²) >= 11 is 0. The molecule has 0 aliphatic carbocycles. The van der Waals surface area contributed by atoms with Gasteiger partial charge in [0.15, 0.2) is 6.10 Å². The summed E-state index contributed by atoms with van der Waals surface area (Å²) in [5.74, 6) is 0.945. The van der Waals surface area contributed by atoms with E-state index in [1.807, 2.05) is 12.1 Å². The summed E-state index contributed by atoms with van der Waals surface area (Å²) < 4.78 is 11.1. The molecule has 0 aliphatic heterocycles. The lowest BCUT2D eigenvalue weighted by atomic mass is 10.0. The maximum absolute atomic E-state index is 10.7. The fraction of sp³-hybridized carbons (Fsp3) is 0.588. The summed E-state index contributed by atoms with van der Waals surface area (Å²) in [5, 5.41) is 8.79. The Bertz CT molecular complexity index is 413. The normalized spacial score (nSPS) is 13.5. The molecule has 0 bridgehead atoms. The van der Waals surface area contributed by atoms with Gasteiger partial charge in [0.25, 0.3) is 0 Å². The average Bonchev–Trinajstić information content (AvgIpc) is 2.49. The summed E-state index contributed by atoms with van der Waals surface area (Å²) in [6, 6.07) is 7.11. The van der Waals surface area contributed by atoms with Gasteiger partial charge < -0.3 is 14.6 Å². The number of carbonyl (C=O) groups is 1. The Hall–Kier alpha value is -1.71. The molecule has 4 heteroatoms. The number of rotatable bonds is 10. The van der Waals surface area contributed by atoms with Gasteiger partial charge in [-0.25, -0.2) is 4.79 Å². The van der Waals surface area contributed by atoms with Gasteiger partial charge in [0.1, 0.15) is 11.5 Å². The number of carboxylic acids is 1. The smallest absolute Gasteiger partial charge is 0.344 e. The van der Waals surface area contributed by atoms with Crippen LogP contribution in [0.5, 0.6) is 11.5 Å². The van der Waals surface area contributed by atoms with E-state index in [4.69, 9.17) is 14.6 Å². The predicted molar refractivity (Wildman–Crippen MR) is 83.0 cm³/mol. The summed E-state index contributed by atoms with van der Waals surface area (Å²) in [6.45, 7) is 6.62. The second-order valence-electron chi connectivity index (χ2n) is 5.30. The zero-order valence-corrected chi connectivity index (χ0v) is 13.2. The molecule has 0 saturated carbocycles. The molecule has 0 heterocycles. The number of hydrogen-bond donors (Lipinski definition) is 1. The van der Waals surface area contributed by atoms with E-state index in [0.717, 1.165) is 18.8 Å². The van der Waals surface area contributed by atoms with Crippen LogP contribution in [0.3, 0.4) is 0 Å². The van der Waals surface area contributed by atoms with Gasteiger partial charge in [0.05, 0.1) is 6.61 Å². The van der Waals surface area contributed by atoms with Crippen molar-refractivity contribution in [2.24, 2.45) is 5.92 Å². The van der Waals surface area contributed by atoms with Crippen molar-refractivity contribution in [3.63, 3.8) is 0 Å². The van der Waals surface area contributed by atoms with Crippen LogP contribution in [0.2, 0.25) is 0 Å². The van der Waals surface area contributed by atoms with Crippen molar-refractivity contribution in [1.82, 2.24) is 0 Å². The van der Waals surface area contributed by atoms with Gasteiger partial charge in [-0.3, -0.25) is 0 Å². The second-order valence-corrected chi connectivity index (χ2v) is 5.30. The number of hydrogen-bond acceptors (Lipinski definition) is 3. The minimum Gasteiger partial charge on any atom is -0.493 e. The summed E-state index contributed by atoms with van der Waals surface area (Å²) in [5.41, 5.74) is 0. The third kappa shape index (κ3) is 6.52. The largest absolute Gasteiger partial charge is 0.493 e. The van der Waals surface area contributed by atoms with Gasteiger partial charge in [-0.1, -0.05) is 33.1 Å². The lowest BCUT2D eigenvalue weighted by Gasteiger charge is -2.16. The molecular weight excluding hydrogens is 268 g/mol. The topological polar surface area (TPSA) is 55.8 Å². The standard InChI is InChI=1S/C17H26O4/c1-4-6-7-14(5-2)12-20-15-8-10-16(11-9-15)21-13(3)17(18)19/h8-11,13-14H,4-7,12H2,1-3H3,(H,18,19). The highest BCUT2D eigenvalue weighted by atomic mass is 16.5. The molecule has 0 saturated heterocycles. The van der Waals surface area contributed by atoms with Gasteiger partial charge in [0.2, 0.25) is 0 Å². The quantitative estimate of drug-likeness (QED) is 0.705. The SMILES string of the molecule is CCCCC(CC)COc1ccc(OC(C)C(=O)O)cc1. The van der Waals surface area contributed by atoms with Crippen molar-refractivity contribution in [3.8, 4) is 11.5 Å². The van der Waals surface area contributed by atoms with E-state index >= 15 is 0 Å². The summed E-state index contributed by atoms with van der Waals surface area (Å²) in [4.78, 5) is 10.7. The zero-order chi connectivity index (χ0) is 15.7. The van der Waals surface area contributed by atoms with Gasteiger partial charge >= 0.3 is 5.97 Å². The molecule has 0 radical (unpaired) electrons. The first kappa shape index (κ1) is 17.3. The molecule has 2 unspecified atom stereocenters. The van der Waals surface area contributed by atoms with Crippen molar-refractivity contribution < 1.29 is 19.4 Å². The van der Waals surface area contributed by atoms with Crippen LogP contribution < -0.4 is 9.47 Å². The highest BCUT2D eigenvalue weighted by molar-refractivity contribution is 5.72. The summed E-state index contributed by atoms with van der Waals surface area (Å²) in [6.07, 6.45) is 3.92. The molecule has 118 valence electrons. The molecule has 0 fully saturated rings. The number of aliphatic carboxylic acids is 1. The second kappa shape index (κ2) is 9.27. The van der Waals surface area contributed by atoms with E-state index in [0.29, 0.717) is 11.7 Å². The van der Waals surface area contributed by atoms with Crippen LogP contribution in [0.15, 0.2) is 24.3 Å². The van der Waals surface area contributed by atoms with Crippen molar-refractivity contribution in [2.45, 2.75) is 52.6 Å². The zero-order valence-electron chi connectivity index (χ0n) is 13.2. The number of ether oxygens (including phenoxy) is 2. The lowest BCUT2D eigenvalue weighted by Crippen LogP contribution is -2.22. The third-order valence-electron chi connectivity index (χ3n) is 3.51. The molecule has 0 aromatic heterocycles. The molecule has 0 amide bonds. The number of benzene rings is 1. The molecule has 1 N–H and O–H groups in total. The molecule has 1 aromatic carbocycles. The average molecular weight is 294 g/mol. The monoisotopic (exact) mass is 294 g/mol. The van der Waals surface area contributed by atoms with Crippen LogP contribution in [0, 0.1) is 5.92 Å². The molecule has 1 aromatic rings. The first-order valence-corrected chi connectivity index (χ1v) is 7.69. The van der Waals surface area contributed by atoms with Gasteiger partial charge in [-0.05, 0) is 43.5 Å². The molecule has 2 atom stereocenters. The van der Waals surface area contributed by atoms with Crippen LogP contribution in [0.4, 0.5) is 0 Å². The Morgan fingerprint density at radius 3 is 2.33 bits per heavy atom. The Kier molecular flexibility index (Phi) is 7.65. The minimum absolute atomic E-state index is 0.537. The Morgan fingerprint density at radius 2 is 1.81 bits per heavy atom. The number of unbranched alkanes of at least 4 members (excludes halogenated alkanes) is 1. The molecule has 0 spiro atoms. The molecule has 21 heavy (non-hydrogen) atoms. The maximum atomic E-state index is 10.7. The van der Waals surface area contributed by atoms with Gasteiger partial charge in [0, 0.05) is 0 Å². The van der Waals surface area contributed by atoms with Crippen LogP contribution in [-0.4, -0.2) is 23.8 Å². The fourth-order valence-electron chi connectivity index (χ4n) is 1.98. The third-order valence-corrected chi connectivity index (χ3v) is 3.51. The number of carboxylic acid groups (broad SMARTS) is 1. The predicted octanol–water partition coefficient (Wildman–Crippen LogP) is 4.13. The van der Waals surface area contributed by atoms with Crippen LogP contribution >= 0.6 is 0 Å². The molecule has 0 aliphatic rings. The van der Waals surface area contributed by atoms with Crippen molar-refractivity contribution >= 4 is 5.97 Å². The van der Waals surface area contributed by atoms with E-state index in [1.165, 1.54) is 26.2 Å². The van der Waals surface area contributed by atoms with Crippen molar-refractivity contribution in [1.29, 1.82) is 0 Å². The van der Waals surface area contributed by atoms with E-state index < -0.39 is 12.1 Å². The van der Waals surface area contributed by atoms with E-state index in [2.05, 4.69) is 13.8 Å². The van der Waals surface area contributed by atoms with E-state index in [9.17, 15) is 4.79 Å². The highest BCUT2D eigenvalue weighted by Crippen LogP contribution is 2.20. The van der Waals surface area contributed by atoms with Crippen molar-refractivity contribution in [2.75, 3.05) is 6.61 Å². The van der Waals surface area contributed by atoms with Gasteiger partial charge in [-0.15, -0.1) is 0 Å². The Morgan fingerprint density at radius 1 is 1.19 bits per heavy atom. The first-order chi connectivity index (χ1) is 10.1. The fourth-order valence-corrected chi connectivity index (χ4v) is 1.98. The van der Waals surface area contributed by atoms with E-state index in [1.54, 1.807) is 12.1 Å². The lowest BCUT2D eigenvalue weighted by molar-refractivity contribution is -0.144. The van der Waals surface area contributed by atoms with E-state index in [-0.39, 0.29) is 0 Å². The Balaban J connectivity index is 2.45. The molecule has 4 nitrogen and oxygen atoms in total. The summed E-state index contributed by atoms with van der Waals surface area (Å²) in [7, 11) is 0. The Labute approximate surface area is 127 Å². The van der Waals surface area contributed by atoms with Crippen LogP contribution in [0.1, 0.15) is 46.5 Å². The van der Waals surface area contributed by atoms with Crippen LogP contribution in [0.25, 0.3) is 0 Å². The molecular formula is C17H26O4. The van der Waals surface area contributed by atoms with Crippen LogP contribution in [-0.2, 0) is 4.79 Å². The first-order valence-electron chi connectivity index (χ1n) is 7.69. The maximum Gasteiger partial charge on any atom is 0.344 e. The highest BCUT2D eigenvalue weighted by Gasteiger charge is 2.12. The minimum atomic E-state index is -0.975. The molecule has 1 rings (SSSR count). The van der Waals surface area contributed by atoms with Crippen molar-refractivity contribution in [3.05, 3.63) is 24.3 Å². The van der Waals surface area contributed by atoms with Gasteiger partial charge in [-0.2, -0.15) is 0 Å².